The molecular weight excluding hydrogens is 276 g/mol. The summed E-state index contributed by atoms with van der Waals surface area (Å²) in [6.07, 6.45) is 0. The molecule has 2 rings (SSSR count). The van der Waals surface area contributed by atoms with Crippen LogP contribution in [0.2, 0.25) is 0 Å². The molecule has 2 aromatic rings. The Morgan fingerprint density at radius 1 is 0.900 bits per heavy atom. The highest BCUT2D eigenvalue weighted by Crippen LogP contribution is 2.33. The molecule has 0 radical (unpaired) electrons. The molecule has 0 amide bonds. The molecule has 2 N–H and O–H groups in total. The van der Waals surface area contributed by atoms with Gasteiger partial charge in [-0.05, 0) is 61.7 Å². The fourth-order valence-electron chi connectivity index (χ4n) is 2.04. The van der Waals surface area contributed by atoms with E-state index in [1.807, 2.05) is 0 Å². The zero-order valence-electron chi connectivity index (χ0n) is 11.5. The summed E-state index contributed by atoms with van der Waals surface area (Å²) in [4.78, 5) is -0.137. The highest BCUT2D eigenvalue weighted by Gasteiger charge is 2.24. The quantitative estimate of drug-likeness (QED) is 0.892. The van der Waals surface area contributed by atoms with Gasteiger partial charge in [-0.2, -0.15) is 0 Å². The van der Waals surface area contributed by atoms with Gasteiger partial charge < -0.3 is 10.2 Å². The molecule has 0 saturated carbocycles. The van der Waals surface area contributed by atoms with E-state index < -0.39 is 9.84 Å². The molecule has 106 valence electrons. The molecule has 0 heterocycles. The Morgan fingerprint density at radius 2 is 1.55 bits per heavy atom. The maximum Gasteiger partial charge on any atom is 0.210 e. The Morgan fingerprint density at radius 3 is 2.20 bits per heavy atom. The third-order valence-corrected chi connectivity index (χ3v) is 5.21. The van der Waals surface area contributed by atoms with Crippen molar-refractivity contribution in [3.05, 3.63) is 47.0 Å². The molecule has 0 aliphatic carbocycles. The Kier molecular flexibility index (Phi) is 3.48. The van der Waals surface area contributed by atoms with E-state index in [0.717, 1.165) is 5.56 Å². The molecule has 0 saturated heterocycles. The summed E-state index contributed by atoms with van der Waals surface area (Å²) in [7, 11) is -3.88. The number of benzene rings is 2. The van der Waals surface area contributed by atoms with E-state index in [1.165, 1.54) is 24.3 Å². The third-order valence-electron chi connectivity index (χ3n) is 3.30. The van der Waals surface area contributed by atoms with Crippen LogP contribution in [-0.4, -0.2) is 18.6 Å². The van der Waals surface area contributed by atoms with Gasteiger partial charge >= 0.3 is 0 Å². The molecule has 0 aromatic heterocycles. The van der Waals surface area contributed by atoms with Crippen LogP contribution in [-0.2, 0) is 9.84 Å². The van der Waals surface area contributed by atoms with Gasteiger partial charge in [0.15, 0.2) is 0 Å². The van der Waals surface area contributed by atoms with Crippen molar-refractivity contribution in [2.24, 2.45) is 0 Å². The van der Waals surface area contributed by atoms with Crippen LogP contribution in [0.1, 0.15) is 16.7 Å². The van der Waals surface area contributed by atoms with E-state index in [9.17, 15) is 18.6 Å². The minimum absolute atomic E-state index is 0.0101. The topological polar surface area (TPSA) is 74.6 Å². The Bertz CT molecular complexity index is 777. The van der Waals surface area contributed by atoms with Gasteiger partial charge in [-0.3, -0.25) is 0 Å². The van der Waals surface area contributed by atoms with Crippen molar-refractivity contribution in [1.82, 2.24) is 0 Å². The minimum Gasteiger partial charge on any atom is -0.508 e. The van der Waals surface area contributed by atoms with Crippen LogP contribution < -0.4 is 0 Å². The summed E-state index contributed by atoms with van der Waals surface area (Å²) in [5.41, 5.74) is 1.97. The van der Waals surface area contributed by atoms with Crippen molar-refractivity contribution < 1.29 is 18.6 Å². The van der Waals surface area contributed by atoms with Crippen molar-refractivity contribution in [1.29, 1.82) is 0 Å². The predicted molar refractivity (Wildman–Crippen MR) is 75.9 cm³/mol. The predicted octanol–water partition coefficient (Wildman–Crippen LogP) is 2.86. The number of aryl methyl sites for hydroxylation is 2. The van der Waals surface area contributed by atoms with E-state index in [2.05, 4.69) is 0 Å². The van der Waals surface area contributed by atoms with Crippen molar-refractivity contribution in [2.45, 2.75) is 30.6 Å². The van der Waals surface area contributed by atoms with Crippen LogP contribution in [0.3, 0.4) is 0 Å². The van der Waals surface area contributed by atoms with Gasteiger partial charge in [-0.1, -0.05) is 6.07 Å². The van der Waals surface area contributed by atoms with Gasteiger partial charge in [0.25, 0.3) is 0 Å². The lowest BCUT2D eigenvalue weighted by Crippen LogP contribution is -2.06. The first kappa shape index (κ1) is 14.4. The number of hydrogen-bond donors (Lipinski definition) is 2. The van der Waals surface area contributed by atoms with Crippen LogP contribution >= 0.6 is 0 Å². The SMILES string of the molecule is Cc1ccc(O)c(S(=O)(=O)c2cc(O)cc(C)c2C)c1. The molecule has 0 unspecified atom stereocenters. The van der Waals surface area contributed by atoms with Gasteiger partial charge in [0.05, 0.1) is 4.90 Å². The zero-order chi connectivity index (χ0) is 15.1. The van der Waals surface area contributed by atoms with Gasteiger partial charge in [-0.25, -0.2) is 8.42 Å². The summed E-state index contributed by atoms with van der Waals surface area (Å²) in [6.45, 7) is 5.15. The lowest BCUT2D eigenvalue weighted by molar-refractivity contribution is 0.458. The third kappa shape index (κ3) is 2.36. The summed E-state index contributed by atoms with van der Waals surface area (Å²) in [5.74, 6) is -0.408. The lowest BCUT2D eigenvalue weighted by atomic mass is 10.1. The maximum absolute atomic E-state index is 12.7. The van der Waals surface area contributed by atoms with Crippen molar-refractivity contribution in [3.63, 3.8) is 0 Å². The second-order valence-corrected chi connectivity index (χ2v) is 6.75. The molecule has 0 spiro atoms. The molecule has 0 fully saturated rings. The molecule has 0 atom stereocenters. The zero-order valence-corrected chi connectivity index (χ0v) is 12.3. The number of sulfone groups is 1. The average molecular weight is 292 g/mol. The summed E-state index contributed by atoms with van der Waals surface area (Å²) in [5, 5.41) is 19.4. The second kappa shape index (κ2) is 4.83. The van der Waals surface area contributed by atoms with E-state index in [1.54, 1.807) is 26.8 Å². The molecule has 4 nitrogen and oxygen atoms in total. The van der Waals surface area contributed by atoms with Crippen molar-refractivity contribution >= 4 is 9.84 Å². The molecule has 0 aliphatic heterocycles. The summed E-state index contributed by atoms with van der Waals surface area (Å²) in [6, 6.07) is 7.12. The monoisotopic (exact) mass is 292 g/mol. The molecule has 5 heteroatoms. The molecule has 0 bridgehead atoms. The highest BCUT2D eigenvalue weighted by atomic mass is 32.2. The van der Waals surface area contributed by atoms with Gasteiger partial charge in [0.1, 0.15) is 16.4 Å². The van der Waals surface area contributed by atoms with Gasteiger partial charge in [-0.15, -0.1) is 0 Å². The van der Waals surface area contributed by atoms with E-state index in [-0.39, 0.29) is 21.3 Å². The van der Waals surface area contributed by atoms with Crippen LogP contribution in [0.5, 0.6) is 11.5 Å². The largest absolute Gasteiger partial charge is 0.508 e. The van der Waals surface area contributed by atoms with Crippen LogP contribution in [0.25, 0.3) is 0 Å². The minimum atomic E-state index is -3.88. The van der Waals surface area contributed by atoms with E-state index >= 15 is 0 Å². The lowest BCUT2D eigenvalue weighted by Gasteiger charge is -2.12. The van der Waals surface area contributed by atoms with Crippen LogP contribution in [0.15, 0.2) is 40.1 Å². The number of phenols is 2. The Labute approximate surface area is 118 Å². The molecule has 2 aromatic carbocycles. The first-order chi connectivity index (χ1) is 9.23. The smallest absolute Gasteiger partial charge is 0.210 e. The van der Waals surface area contributed by atoms with Gasteiger partial charge in [0.2, 0.25) is 9.84 Å². The number of aromatic hydroxyl groups is 2. The van der Waals surface area contributed by atoms with Crippen LogP contribution in [0.4, 0.5) is 0 Å². The fourth-order valence-corrected chi connectivity index (χ4v) is 3.80. The molecular formula is C15H16O4S. The number of hydrogen-bond acceptors (Lipinski definition) is 4. The summed E-state index contributed by atoms with van der Waals surface area (Å²) < 4.78 is 25.3. The number of phenolic OH excluding ortho intramolecular Hbond substituents is 2. The van der Waals surface area contributed by atoms with Crippen molar-refractivity contribution in [2.75, 3.05) is 0 Å². The first-order valence-corrected chi connectivity index (χ1v) is 7.56. The molecule has 0 aliphatic rings. The Hall–Kier alpha value is -2.01. The van der Waals surface area contributed by atoms with E-state index in [4.69, 9.17) is 0 Å². The van der Waals surface area contributed by atoms with Gasteiger partial charge in [0, 0.05) is 0 Å². The van der Waals surface area contributed by atoms with E-state index in [0.29, 0.717) is 11.1 Å². The average Bonchev–Trinajstić information content (AvgIpc) is 2.36. The Balaban J connectivity index is 2.77. The fraction of sp³-hybridized carbons (Fsp3) is 0.200. The first-order valence-electron chi connectivity index (χ1n) is 6.08. The standard InChI is InChI=1S/C15H16O4S/c1-9-4-5-13(17)15(6-9)20(18,19)14-8-12(16)7-10(2)11(14)3/h4-8,16-17H,1-3H3. The highest BCUT2D eigenvalue weighted by molar-refractivity contribution is 7.91. The molecule has 20 heavy (non-hydrogen) atoms. The van der Waals surface area contributed by atoms with Crippen LogP contribution in [0, 0.1) is 20.8 Å². The second-order valence-electron chi connectivity index (χ2n) is 4.86. The normalized spacial score (nSPS) is 11.6. The number of rotatable bonds is 2. The van der Waals surface area contributed by atoms with Crippen molar-refractivity contribution in [3.8, 4) is 11.5 Å². The maximum atomic E-state index is 12.7. The summed E-state index contributed by atoms with van der Waals surface area (Å²) >= 11 is 0.